The second kappa shape index (κ2) is 5.56. The monoisotopic (exact) mass is 354 g/mol. The van der Waals surface area contributed by atoms with Gasteiger partial charge in [-0.3, -0.25) is 4.79 Å². The lowest BCUT2D eigenvalue weighted by atomic mass is 10.1. The Balaban J connectivity index is 2.06. The molecule has 0 spiro atoms. The molecule has 1 heterocycles. The van der Waals surface area contributed by atoms with Gasteiger partial charge in [-0.25, -0.2) is 0 Å². The molecule has 0 saturated carbocycles. The van der Waals surface area contributed by atoms with Crippen molar-refractivity contribution in [3.63, 3.8) is 0 Å². The Hall–Kier alpha value is -1.30. The van der Waals surface area contributed by atoms with Gasteiger partial charge < -0.3 is 9.88 Å². The first-order valence-corrected chi connectivity index (χ1v) is 6.80. The zero-order valence-corrected chi connectivity index (χ0v) is 12.6. The average Bonchev–Trinajstić information content (AvgIpc) is 2.76. The highest BCUT2D eigenvalue weighted by atomic mass is 127. The minimum atomic E-state index is -0.0213. The SMILES string of the molecule is Cc1cccc(C(=O)NCc2ccn(C)c2)c1I. The van der Waals surface area contributed by atoms with Crippen molar-refractivity contribution in [1.29, 1.82) is 0 Å². The Morgan fingerprint density at radius 3 is 2.83 bits per heavy atom. The molecule has 1 amide bonds. The van der Waals surface area contributed by atoms with E-state index in [0.29, 0.717) is 6.54 Å². The first-order chi connectivity index (χ1) is 8.58. The zero-order chi connectivity index (χ0) is 13.1. The summed E-state index contributed by atoms with van der Waals surface area (Å²) in [6, 6.07) is 7.78. The van der Waals surface area contributed by atoms with Crippen LogP contribution in [0, 0.1) is 10.5 Å². The summed E-state index contributed by atoms with van der Waals surface area (Å²) >= 11 is 2.21. The molecule has 2 aromatic rings. The van der Waals surface area contributed by atoms with E-state index in [4.69, 9.17) is 0 Å². The maximum Gasteiger partial charge on any atom is 0.252 e. The van der Waals surface area contributed by atoms with Gasteiger partial charge in [0.05, 0.1) is 5.56 Å². The first-order valence-electron chi connectivity index (χ1n) is 5.72. The van der Waals surface area contributed by atoms with Crippen molar-refractivity contribution < 1.29 is 4.79 Å². The summed E-state index contributed by atoms with van der Waals surface area (Å²) in [5.74, 6) is -0.0213. The Kier molecular flexibility index (Phi) is 4.06. The Morgan fingerprint density at radius 2 is 2.17 bits per heavy atom. The van der Waals surface area contributed by atoms with Crippen LogP contribution in [-0.2, 0) is 13.6 Å². The molecule has 0 atom stereocenters. The maximum absolute atomic E-state index is 12.1. The quantitative estimate of drug-likeness (QED) is 0.846. The van der Waals surface area contributed by atoms with Crippen LogP contribution in [0.4, 0.5) is 0 Å². The van der Waals surface area contributed by atoms with Gasteiger partial charge in [-0.05, 0) is 52.8 Å². The van der Waals surface area contributed by atoms with Crippen molar-refractivity contribution in [1.82, 2.24) is 9.88 Å². The van der Waals surface area contributed by atoms with Crippen LogP contribution < -0.4 is 5.32 Å². The summed E-state index contributed by atoms with van der Waals surface area (Å²) in [5.41, 5.74) is 2.98. The Bertz CT molecular complexity index is 575. The van der Waals surface area contributed by atoms with Crippen LogP contribution in [0.1, 0.15) is 21.5 Å². The molecule has 1 aromatic carbocycles. The van der Waals surface area contributed by atoms with Crippen molar-refractivity contribution in [3.8, 4) is 0 Å². The molecule has 0 saturated heterocycles. The number of hydrogen-bond donors (Lipinski definition) is 1. The Labute approximate surface area is 120 Å². The van der Waals surface area contributed by atoms with Gasteiger partial charge in [-0.1, -0.05) is 12.1 Å². The van der Waals surface area contributed by atoms with Crippen LogP contribution >= 0.6 is 22.6 Å². The van der Waals surface area contributed by atoms with Crippen LogP contribution in [0.2, 0.25) is 0 Å². The molecular weight excluding hydrogens is 339 g/mol. The van der Waals surface area contributed by atoms with Gasteiger partial charge in [0.15, 0.2) is 0 Å². The van der Waals surface area contributed by atoms with E-state index >= 15 is 0 Å². The number of halogens is 1. The number of carbonyl (C=O) groups is 1. The Morgan fingerprint density at radius 1 is 1.39 bits per heavy atom. The van der Waals surface area contributed by atoms with E-state index in [1.54, 1.807) is 0 Å². The maximum atomic E-state index is 12.1. The molecule has 0 aliphatic carbocycles. The summed E-state index contributed by atoms with van der Waals surface area (Å²) in [6.07, 6.45) is 3.97. The topological polar surface area (TPSA) is 34.0 Å². The van der Waals surface area contributed by atoms with Crippen LogP contribution in [0.3, 0.4) is 0 Å². The molecule has 2 rings (SSSR count). The lowest BCUT2D eigenvalue weighted by Gasteiger charge is -2.07. The highest BCUT2D eigenvalue weighted by Gasteiger charge is 2.10. The van der Waals surface area contributed by atoms with Gasteiger partial charge in [0.25, 0.3) is 5.91 Å². The molecule has 0 radical (unpaired) electrons. The van der Waals surface area contributed by atoms with E-state index in [2.05, 4.69) is 27.9 Å². The largest absolute Gasteiger partial charge is 0.357 e. The lowest BCUT2D eigenvalue weighted by molar-refractivity contribution is 0.0950. The number of aryl methyl sites for hydroxylation is 2. The van der Waals surface area contributed by atoms with Crippen LogP contribution in [0.25, 0.3) is 0 Å². The lowest BCUT2D eigenvalue weighted by Crippen LogP contribution is -2.23. The number of nitrogens with zero attached hydrogens (tertiary/aromatic N) is 1. The van der Waals surface area contributed by atoms with Crippen molar-refractivity contribution in [2.45, 2.75) is 13.5 Å². The molecule has 94 valence electrons. The third-order valence-corrected chi connectivity index (χ3v) is 4.21. The van der Waals surface area contributed by atoms with Gasteiger partial charge in [0.1, 0.15) is 0 Å². The molecule has 0 unspecified atom stereocenters. The van der Waals surface area contributed by atoms with Crippen LogP contribution in [0.15, 0.2) is 36.7 Å². The summed E-state index contributed by atoms with van der Waals surface area (Å²) in [4.78, 5) is 12.1. The minimum Gasteiger partial charge on any atom is -0.357 e. The highest BCUT2D eigenvalue weighted by Crippen LogP contribution is 2.16. The second-order valence-corrected chi connectivity index (χ2v) is 5.38. The predicted octanol–water partition coefficient (Wildman–Crippen LogP) is 2.87. The van der Waals surface area contributed by atoms with E-state index in [1.807, 2.05) is 55.2 Å². The summed E-state index contributed by atoms with van der Waals surface area (Å²) in [5, 5.41) is 2.94. The smallest absolute Gasteiger partial charge is 0.252 e. The van der Waals surface area contributed by atoms with Crippen molar-refractivity contribution >= 4 is 28.5 Å². The average molecular weight is 354 g/mol. The van der Waals surface area contributed by atoms with Crippen LogP contribution in [0.5, 0.6) is 0 Å². The molecule has 18 heavy (non-hydrogen) atoms. The molecule has 0 aliphatic heterocycles. The minimum absolute atomic E-state index is 0.0213. The van der Waals surface area contributed by atoms with Crippen molar-refractivity contribution in [2.75, 3.05) is 0 Å². The first kappa shape index (κ1) is 13.1. The number of nitrogens with one attached hydrogen (secondary N) is 1. The molecule has 0 aliphatic rings. The van der Waals surface area contributed by atoms with Crippen LogP contribution in [-0.4, -0.2) is 10.5 Å². The predicted molar refractivity (Wildman–Crippen MR) is 80.5 cm³/mol. The number of hydrogen-bond acceptors (Lipinski definition) is 1. The number of carbonyl (C=O) groups excluding carboxylic acids is 1. The fraction of sp³-hybridized carbons (Fsp3) is 0.214. The van der Waals surface area contributed by atoms with E-state index in [0.717, 1.165) is 20.3 Å². The summed E-state index contributed by atoms with van der Waals surface area (Å²) < 4.78 is 2.98. The number of rotatable bonds is 3. The molecule has 4 heteroatoms. The molecule has 3 nitrogen and oxygen atoms in total. The van der Waals surface area contributed by atoms with Crippen molar-refractivity contribution in [3.05, 3.63) is 56.9 Å². The zero-order valence-electron chi connectivity index (χ0n) is 10.4. The van der Waals surface area contributed by atoms with Gasteiger partial charge in [0, 0.05) is 29.6 Å². The summed E-state index contributed by atoms with van der Waals surface area (Å²) in [6.45, 7) is 2.57. The standard InChI is InChI=1S/C14H15IN2O/c1-10-4-3-5-12(13(10)15)14(18)16-8-11-6-7-17(2)9-11/h3-7,9H,8H2,1-2H3,(H,16,18). The molecule has 0 bridgehead atoms. The third-order valence-electron chi connectivity index (χ3n) is 2.78. The third kappa shape index (κ3) is 2.93. The molecular formula is C14H15IN2O. The number of amides is 1. The van der Waals surface area contributed by atoms with E-state index < -0.39 is 0 Å². The van der Waals surface area contributed by atoms with E-state index in [1.165, 1.54) is 0 Å². The molecule has 0 fully saturated rings. The second-order valence-electron chi connectivity index (χ2n) is 4.30. The van der Waals surface area contributed by atoms with E-state index in [-0.39, 0.29) is 5.91 Å². The van der Waals surface area contributed by atoms with Crippen molar-refractivity contribution in [2.24, 2.45) is 7.05 Å². The van der Waals surface area contributed by atoms with Gasteiger partial charge >= 0.3 is 0 Å². The highest BCUT2D eigenvalue weighted by molar-refractivity contribution is 14.1. The normalized spacial score (nSPS) is 10.4. The number of aromatic nitrogens is 1. The number of benzene rings is 1. The molecule has 1 aromatic heterocycles. The molecule has 1 N–H and O–H groups in total. The van der Waals surface area contributed by atoms with Gasteiger partial charge in [0.2, 0.25) is 0 Å². The fourth-order valence-electron chi connectivity index (χ4n) is 1.77. The summed E-state index contributed by atoms with van der Waals surface area (Å²) in [7, 11) is 1.97. The van der Waals surface area contributed by atoms with E-state index in [9.17, 15) is 4.79 Å². The van der Waals surface area contributed by atoms with Gasteiger partial charge in [-0.15, -0.1) is 0 Å². The fourth-order valence-corrected chi connectivity index (χ4v) is 2.37. The van der Waals surface area contributed by atoms with Gasteiger partial charge in [-0.2, -0.15) is 0 Å².